The van der Waals surface area contributed by atoms with E-state index in [1.165, 1.54) is 6.39 Å². The molecule has 0 bridgehead atoms. The lowest BCUT2D eigenvalue weighted by Crippen LogP contribution is -2.33. The van der Waals surface area contributed by atoms with Crippen molar-refractivity contribution >= 4 is 5.78 Å². The average molecular weight is 445 g/mol. The first-order valence-electron chi connectivity index (χ1n) is 10.7. The molecule has 0 saturated heterocycles. The van der Waals surface area contributed by atoms with Gasteiger partial charge < -0.3 is 23.2 Å². The number of Topliss-reactive ketones (excluding diaryl/α,β-unsaturated/α-hetero) is 1. The SMILES string of the molecule is Cc1cc(C(=O)COc2ccc(-c3nnco3)cc2)c(C)n1C[C@H]1COc2ccccc2O1. The van der Waals surface area contributed by atoms with Gasteiger partial charge in [0.25, 0.3) is 0 Å². The normalized spacial score (nSPS) is 14.8. The number of aromatic nitrogens is 3. The zero-order valence-corrected chi connectivity index (χ0v) is 18.4. The van der Waals surface area contributed by atoms with Gasteiger partial charge in [-0.2, -0.15) is 0 Å². The number of ether oxygens (including phenoxy) is 3. The van der Waals surface area contributed by atoms with Gasteiger partial charge in [-0.15, -0.1) is 10.2 Å². The van der Waals surface area contributed by atoms with E-state index in [-0.39, 0.29) is 18.5 Å². The number of carbonyl (C=O) groups is 1. The van der Waals surface area contributed by atoms with Gasteiger partial charge in [-0.3, -0.25) is 4.79 Å². The predicted molar refractivity (Wildman–Crippen MR) is 120 cm³/mol. The van der Waals surface area contributed by atoms with Crippen LogP contribution in [0.3, 0.4) is 0 Å². The van der Waals surface area contributed by atoms with Crippen LogP contribution in [0.4, 0.5) is 0 Å². The number of carbonyl (C=O) groups excluding carboxylic acids is 1. The Morgan fingerprint density at radius 1 is 1.12 bits per heavy atom. The minimum Gasteiger partial charge on any atom is -0.486 e. The number of benzene rings is 2. The number of hydrogen-bond donors (Lipinski definition) is 0. The first kappa shape index (κ1) is 20.8. The Labute approximate surface area is 190 Å². The van der Waals surface area contributed by atoms with Crippen molar-refractivity contribution in [1.82, 2.24) is 14.8 Å². The summed E-state index contributed by atoms with van der Waals surface area (Å²) in [6.07, 6.45) is 1.14. The Hall–Kier alpha value is -4.07. The molecule has 0 amide bonds. The van der Waals surface area contributed by atoms with Crippen molar-refractivity contribution in [3.05, 3.63) is 77.9 Å². The Morgan fingerprint density at radius 2 is 1.91 bits per heavy atom. The summed E-state index contributed by atoms with van der Waals surface area (Å²) in [5, 5.41) is 7.54. The van der Waals surface area contributed by atoms with Crippen molar-refractivity contribution in [2.75, 3.05) is 13.2 Å². The molecule has 8 heteroatoms. The molecule has 2 aromatic carbocycles. The van der Waals surface area contributed by atoms with Crippen LogP contribution >= 0.6 is 0 Å². The van der Waals surface area contributed by atoms with Gasteiger partial charge in [-0.05, 0) is 56.3 Å². The molecule has 2 aromatic heterocycles. The zero-order valence-electron chi connectivity index (χ0n) is 18.4. The topological polar surface area (TPSA) is 88.6 Å². The van der Waals surface area contributed by atoms with E-state index in [9.17, 15) is 4.79 Å². The van der Waals surface area contributed by atoms with Gasteiger partial charge in [0.2, 0.25) is 18.1 Å². The van der Waals surface area contributed by atoms with Gasteiger partial charge >= 0.3 is 0 Å². The van der Waals surface area contributed by atoms with E-state index in [4.69, 9.17) is 18.6 Å². The second-order valence-corrected chi connectivity index (χ2v) is 7.87. The van der Waals surface area contributed by atoms with Crippen molar-refractivity contribution in [2.24, 2.45) is 0 Å². The number of nitrogens with zero attached hydrogens (tertiary/aromatic N) is 3. The lowest BCUT2D eigenvalue weighted by Gasteiger charge is -2.27. The maximum Gasteiger partial charge on any atom is 0.247 e. The number of hydrogen-bond acceptors (Lipinski definition) is 7. The highest BCUT2D eigenvalue weighted by atomic mass is 16.6. The van der Waals surface area contributed by atoms with Crippen LogP contribution in [0.1, 0.15) is 21.7 Å². The van der Waals surface area contributed by atoms with E-state index < -0.39 is 0 Å². The summed E-state index contributed by atoms with van der Waals surface area (Å²) >= 11 is 0. The summed E-state index contributed by atoms with van der Waals surface area (Å²) in [6.45, 7) is 4.92. The van der Waals surface area contributed by atoms with E-state index in [0.717, 1.165) is 28.5 Å². The molecule has 0 radical (unpaired) electrons. The third kappa shape index (κ3) is 4.32. The van der Waals surface area contributed by atoms with Crippen molar-refractivity contribution in [3.63, 3.8) is 0 Å². The highest BCUT2D eigenvalue weighted by Crippen LogP contribution is 2.31. The van der Waals surface area contributed by atoms with Crippen molar-refractivity contribution in [3.8, 4) is 28.7 Å². The Morgan fingerprint density at radius 3 is 2.67 bits per heavy atom. The van der Waals surface area contributed by atoms with Gasteiger partial charge in [-0.25, -0.2) is 0 Å². The molecule has 0 N–H and O–H groups in total. The van der Waals surface area contributed by atoms with Gasteiger partial charge in [0.05, 0.1) is 6.54 Å². The molecule has 33 heavy (non-hydrogen) atoms. The second kappa shape index (κ2) is 8.82. The van der Waals surface area contributed by atoms with Crippen LogP contribution in [0.2, 0.25) is 0 Å². The predicted octanol–water partition coefficient (Wildman–Crippen LogP) is 4.26. The van der Waals surface area contributed by atoms with Crippen LogP contribution in [0.25, 0.3) is 11.5 Å². The number of fused-ring (bicyclic) bond motifs is 1. The summed E-state index contributed by atoms with van der Waals surface area (Å²) in [6, 6.07) is 16.7. The smallest absolute Gasteiger partial charge is 0.247 e. The van der Waals surface area contributed by atoms with E-state index in [1.54, 1.807) is 12.1 Å². The summed E-state index contributed by atoms with van der Waals surface area (Å²) in [5.74, 6) is 2.44. The van der Waals surface area contributed by atoms with Gasteiger partial charge in [-0.1, -0.05) is 12.1 Å². The quantitative estimate of drug-likeness (QED) is 0.393. The van der Waals surface area contributed by atoms with E-state index >= 15 is 0 Å². The fourth-order valence-electron chi connectivity index (χ4n) is 3.94. The highest BCUT2D eigenvalue weighted by molar-refractivity contribution is 5.98. The van der Waals surface area contributed by atoms with Crippen LogP contribution in [-0.2, 0) is 6.54 Å². The molecule has 0 saturated carbocycles. The molecule has 1 aliphatic rings. The second-order valence-electron chi connectivity index (χ2n) is 7.87. The van der Waals surface area contributed by atoms with E-state index in [0.29, 0.717) is 30.4 Å². The molecule has 5 rings (SSSR count). The van der Waals surface area contributed by atoms with Crippen LogP contribution in [0, 0.1) is 13.8 Å². The molecule has 0 aliphatic carbocycles. The Bertz CT molecular complexity index is 1260. The lowest BCUT2D eigenvalue weighted by atomic mass is 10.1. The van der Waals surface area contributed by atoms with Crippen molar-refractivity contribution in [2.45, 2.75) is 26.5 Å². The first-order chi connectivity index (χ1) is 16.1. The molecule has 168 valence electrons. The van der Waals surface area contributed by atoms with Crippen molar-refractivity contribution < 1.29 is 23.4 Å². The maximum absolute atomic E-state index is 12.9. The molecule has 1 atom stereocenters. The third-order valence-electron chi connectivity index (χ3n) is 5.66. The van der Waals surface area contributed by atoms with E-state index in [1.807, 2.05) is 56.3 Å². The monoisotopic (exact) mass is 445 g/mol. The maximum atomic E-state index is 12.9. The van der Waals surface area contributed by atoms with Gasteiger partial charge in [0, 0.05) is 22.5 Å². The first-order valence-corrected chi connectivity index (χ1v) is 10.7. The van der Waals surface area contributed by atoms with Crippen LogP contribution < -0.4 is 14.2 Å². The minimum atomic E-state index is -0.138. The average Bonchev–Trinajstić information content (AvgIpc) is 3.47. The molecular formula is C25H23N3O5. The number of para-hydroxylation sites is 2. The fraction of sp³-hybridized carbons (Fsp3) is 0.240. The fourth-order valence-corrected chi connectivity index (χ4v) is 3.94. The van der Waals surface area contributed by atoms with Crippen LogP contribution in [0.15, 0.2) is 65.4 Å². The third-order valence-corrected chi connectivity index (χ3v) is 5.66. The molecule has 8 nitrogen and oxygen atoms in total. The standard InChI is InChI=1S/C25H23N3O5/c1-16-11-21(17(2)28(16)12-20-13-31-23-5-3-4-6-24(23)33-20)22(29)14-30-19-9-7-18(8-10-19)25-27-26-15-32-25/h3-11,15,20H,12-14H2,1-2H3/t20-/m0/s1. The van der Waals surface area contributed by atoms with Crippen molar-refractivity contribution in [1.29, 1.82) is 0 Å². The molecule has 0 fully saturated rings. The molecule has 0 unspecified atom stereocenters. The van der Waals surface area contributed by atoms with Gasteiger partial charge in [0.1, 0.15) is 12.4 Å². The highest BCUT2D eigenvalue weighted by Gasteiger charge is 2.24. The summed E-state index contributed by atoms with van der Waals surface area (Å²) in [5.41, 5.74) is 3.30. The largest absolute Gasteiger partial charge is 0.486 e. The zero-order chi connectivity index (χ0) is 22.8. The molecular weight excluding hydrogens is 422 g/mol. The van der Waals surface area contributed by atoms with E-state index in [2.05, 4.69) is 14.8 Å². The molecule has 1 aliphatic heterocycles. The molecule has 3 heterocycles. The van der Waals surface area contributed by atoms with Gasteiger partial charge in [0.15, 0.2) is 24.2 Å². The number of aryl methyl sites for hydroxylation is 1. The summed E-state index contributed by atoms with van der Waals surface area (Å²) in [4.78, 5) is 12.9. The number of ketones is 1. The number of rotatable bonds is 7. The van der Waals surface area contributed by atoms with Crippen LogP contribution in [-0.4, -0.2) is 39.9 Å². The molecule has 4 aromatic rings. The summed E-state index contributed by atoms with van der Waals surface area (Å²) < 4.78 is 24.9. The lowest BCUT2D eigenvalue weighted by molar-refractivity contribution is 0.0777. The summed E-state index contributed by atoms with van der Waals surface area (Å²) in [7, 11) is 0. The minimum absolute atomic E-state index is 0.0549. The molecule has 0 spiro atoms. The van der Waals surface area contributed by atoms with Crippen LogP contribution in [0.5, 0.6) is 17.2 Å². The Kier molecular flexibility index (Phi) is 5.56. The Balaban J connectivity index is 1.23.